The van der Waals surface area contributed by atoms with Gasteiger partial charge in [-0.2, -0.15) is 0 Å². The normalized spacial score (nSPS) is 49.2. The molecule has 0 amide bonds. The first-order valence-corrected chi connectivity index (χ1v) is 4.75. The second kappa shape index (κ2) is 2.03. The highest BCUT2D eigenvalue weighted by Crippen LogP contribution is 2.59. The molecule has 2 unspecified atom stereocenters. The van der Waals surface area contributed by atoms with Crippen molar-refractivity contribution in [2.45, 2.75) is 43.0 Å². The third-order valence-corrected chi connectivity index (χ3v) is 3.62. The fraction of sp³-hybridized carbons (Fsp3) is 1.00. The van der Waals surface area contributed by atoms with Crippen LogP contribution >= 0.6 is 0 Å². The van der Waals surface area contributed by atoms with Crippen LogP contribution < -0.4 is 0 Å². The highest BCUT2D eigenvalue weighted by molar-refractivity contribution is 5.20. The van der Waals surface area contributed by atoms with Crippen LogP contribution in [0.4, 0.5) is 0 Å². The molecule has 1 heterocycles. The Hall–Kier alpha value is -0.120. The highest BCUT2D eigenvalue weighted by atomic mass is 16.6. The van der Waals surface area contributed by atoms with Crippen molar-refractivity contribution in [1.29, 1.82) is 0 Å². The Bertz CT molecular complexity index is 212. The molecule has 3 nitrogen and oxygen atoms in total. The van der Waals surface area contributed by atoms with Gasteiger partial charge >= 0.3 is 0 Å². The van der Waals surface area contributed by atoms with Gasteiger partial charge in [0.1, 0.15) is 5.60 Å². The molecular weight excluding hydrogens is 156 g/mol. The standard InChI is InChI=1S/C9H14O3/c10-7-1-2-9(7)8(3-4-8)11-5-6-12-9/h7,10H,1-6H2. The van der Waals surface area contributed by atoms with Gasteiger partial charge in [-0.25, -0.2) is 0 Å². The Kier molecular flexibility index (Phi) is 1.23. The molecule has 0 bridgehead atoms. The van der Waals surface area contributed by atoms with Gasteiger partial charge in [0.15, 0.2) is 0 Å². The molecule has 0 radical (unpaired) electrons. The van der Waals surface area contributed by atoms with E-state index in [1.807, 2.05) is 0 Å². The van der Waals surface area contributed by atoms with E-state index in [0.717, 1.165) is 25.7 Å². The zero-order chi connectivity index (χ0) is 8.23. The minimum atomic E-state index is -0.300. The van der Waals surface area contributed by atoms with Gasteiger partial charge in [0.2, 0.25) is 0 Å². The summed E-state index contributed by atoms with van der Waals surface area (Å²) in [6, 6.07) is 0. The Morgan fingerprint density at radius 3 is 2.25 bits per heavy atom. The summed E-state index contributed by atoms with van der Waals surface area (Å²) >= 11 is 0. The summed E-state index contributed by atoms with van der Waals surface area (Å²) in [5.74, 6) is 0. The first-order chi connectivity index (χ1) is 5.79. The SMILES string of the molecule is OC1CCC12OCCOC21CC1. The van der Waals surface area contributed by atoms with E-state index in [4.69, 9.17) is 9.47 Å². The molecule has 1 N–H and O–H groups in total. The van der Waals surface area contributed by atoms with Gasteiger partial charge in [0.25, 0.3) is 0 Å². The van der Waals surface area contributed by atoms with Crippen molar-refractivity contribution in [3.05, 3.63) is 0 Å². The quantitative estimate of drug-likeness (QED) is 0.574. The van der Waals surface area contributed by atoms with Crippen LogP contribution in [0.2, 0.25) is 0 Å². The van der Waals surface area contributed by atoms with E-state index >= 15 is 0 Å². The van der Waals surface area contributed by atoms with Gasteiger partial charge in [0, 0.05) is 0 Å². The molecule has 3 fully saturated rings. The van der Waals surface area contributed by atoms with Crippen LogP contribution in [-0.2, 0) is 9.47 Å². The average molecular weight is 170 g/mol. The van der Waals surface area contributed by atoms with E-state index in [0.29, 0.717) is 13.2 Å². The Morgan fingerprint density at radius 1 is 1.08 bits per heavy atom. The number of fused-ring (bicyclic) bond motifs is 1. The van der Waals surface area contributed by atoms with Crippen LogP contribution in [-0.4, -0.2) is 35.6 Å². The van der Waals surface area contributed by atoms with Crippen molar-refractivity contribution >= 4 is 0 Å². The molecule has 0 aromatic rings. The molecule has 1 saturated heterocycles. The Labute approximate surface area is 71.7 Å². The van der Waals surface area contributed by atoms with Crippen LogP contribution in [0.5, 0.6) is 0 Å². The maximum absolute atomic E-state index is 9.69. The highest BCUT2D eigenvalue weighted by Gasteiger charge is 2.69. The van der Waals surface area contributed by atoms with E-state index in [2.05, 4.69) is 0 Å². The maximum Gasteiger partial charge on any atom is 0.123 e. The van der Waals surface area contributed by atoms with Crippen LogP contribution in [0.15, 0.2) is 0 Å². The predicted molar refractivity (Wildman–Crippen MR) is 41.8 cm³/mol. The molecular formula is C9H14O3. The molecule has 3 aliphatic rings. The molecule has 0 aromatic carbocycles. The Morgan fingerprint density at radius 2 is 1.83 bits per heavy atom. The first-order valence-electron chi connectivity index (χ1n) is 4.75. The summed E-state index contributed by atoms with van der Waals surface area (Å²) in [4.78, 5) is 0. The lowest BCUT2D eigenvalue weighted by molar-refractivity contribution is -0.291. The smallest absolute Gasteiger partial charge is 0.123 e. The van der Waals surface area contributed by atoms with Crippen molar-refractivity contribution in [1.82, 2.24) is 0 Å². The fourth-order valence-electron chi connectivity index (χ4n) is 2.63. The van der Waals surface area contributed by atoms with Crippen LogP contribution in [0, 0.1) is 0 Å². The maximum atomic E-state index is 9.69. The molecule has 3 rings (SSSR count). The fourth-order valence-corrected chi connectivity index (χ4v) is 2.63. The summed E-state index contributed by atoms with van der Waals surface area (Å²) < 4.78 is 11.4. The topological polar surface area (TPSA) is 38.7 Å². The number of ether oxygens (including phenoxy) is 2. The second-order valence-corrected chi connectivity index (χ2v) is 4.14. The zero-order valence-electron chi connectivity index (χ0n) is 7.08. The van der Waals surface area contributed by atoms with E-state index in [1.54, 1.807) is 0 Å². The number of aliphatic hydroxyl groups is 1. The number of aliphatic hydroxyl groups excluding tert-OH is 1. The van der Waals surface area contributed by atoms with E-state index in [9.17, 15) is 5.11 Å². The summed E-state index contributed by atoms with van der Waals surface area (Å²) in [5, 5.41) is 9.69. The molecule has 3 heteroatoms. The lowest BCUT2D eigenvalue weighted by Gasteiger charge is -2.53. The second-order valence-electron chi connectivity index (χ2n) is 4.14. The third kappa shape index (κ3) is 0.640. The molecule has 68 valence electrons. The largest absolute Gasteiger partial charge is 0.390 e. The van der Waals surface area contributed by atoms with Crippen molar-refractivity contribution in [2.75, 3.05) is 13.2 Å². The van der Waals surface area contributed by atoms with Gasteiger partial charge in [-0.15, -0.1) is 0 Å². The average Bonchev–Trinajstić information content (AvgIpc) is 2.84. The van der Waals surface area contributed by atoms with Crippen LogP contribution in [0.3, 0.4) is 0 Å². The van der Waals surface area contributed by atoms with E-state index in [-0.39, 0.29) is 17.3 Å². The number of hydrogen-bond acceptors (Lipinski definition) is 3. The van der Waals surface area contributed by atoms with E-state index in [1.165, 1.54) is 0 Å². The molecule has 1 aliphatic heterocycles. The van der Waals surface area contributed by atoms with E-state index < -0.39 is 0 Å². The predicted octanol–water partition coefficient (Wildman–Crippen LogP) is 0.459. The third-order valence-electron chi connectivity index (χ3n) is 3.62. The van der Waals surface area contributed by atoms with Gasteiger partial charge in [-0.3, -0.25) is 0 Å². The summed E-state index contributed by atoms with van der Waals surface area (Å²) in [6.07, 6.45) is 3.73. The van der Waals surface area contributed by atoms with Crippen molar-refractivity contribution in [2.24, 2.45) is 0 Å². The minimum absolute atomic E-state index is 0.0804. The van der Waals surface area contributed by atoms with Gasteiger partial charge in [0.05, 0.1) is 24.9 Å². The molecule has 2 atom stereocenters. The monoisotopic (exact) mass is 170 g/mol. The van der Waals surface area contributed by atoms with Crippen molar-refractivity contribution in [3.8, 4) is 0 Å². The lowest BCUT2D eigenvalue weighted by atomic mass is 9.70. The summed E-state index contributed by atoms with van der Waals surface area (Å²) in [7, 11) is 0. The number of hydrogen-bond donors (Lipinski definition) is 1. The van der Waals surface area contributed by atoms with Crippen molar-refractivity contribution in [3.63, 3.8) is 0 Å². The zero-order valence-corrected chi connectivity index (χ0v) is 7.08. The van der Waals surface area contributed by atoms with Gasteiger partial charge < -0.3 is 14.6 Å². The molecule has 2 spiro atoms. The molecule has 0 aromatic heterocycles. The summed E-state index contributed by atoms with van der Waals surface area (Å²) in [5.41, 5.74) is -0.381. The molecule has 2 aliphatic carbocycles. The van der Waals surface area contributed by atoms with Crippen LogP contribution in [0.1, 0.15) is 25.7 Å². The summed E-state index contributed by atoms with van der Waals surface area (Å²) in [6.45, 7) is 1.35. The minimum Gasteiger partial charge on any atom is -0.390 e. The van der Waals surface area contributed by atoms with Crippen molar-refractivity contribution < 1.29 is 14.6 Å². The lowest BCUT2D eigenvalue weighted by Crippen LogP contribution is -2.66. The number of rotatable bonds is 0. The van der Waals surface area contributed by atoms with Gasteiger partial charge in [-0.1, -0.05) is 0 Å². The molecule has 2 saturated carbocycles. The molecule has 12 heavy (non-hydrogen) atoms. The van der Waals surface area contributed by atoms with Crippen LogP contribution in [0.25, 0.3) is 0 Å². The first kappa shape index (κ1) is 7.30. The van der Waals surface area contributed by atoms with Gasteiger partial charge in [-0.05, 0) is 25.7 Å². The Balaban J connectivity index is 1.90.